The Balaban J connectivity index is 1.87. The molecule has 3 N–H and O–H groups in total. The zero-order chi connectivity index (χ0) is 16.4. The van der Waals surface area contributed by atoms with Crippen molar-refractivity contribution in [3.05, 3.63) is 41.1 Å². The van der Waals surface area contributed by atoms with Crippen molar-refractivity contribution in [2.45, 2.75) is 45.6 Å². The molecule has 0 bridgehead atoms. The van der Waals surface area contributed by atoms with Crippen LogP contribution in [0.1, 0.15) is 42.5 Å². The van der Waals surface area contributed by atoms with E-state index in [9.17, 15) is 5.11 Å². The Morgan fingerprint density at radius 2 is 1.83 bits per heavy atom. The minimum absolute atomic E-state index is 0.0524. The molecule has 0 saturated heterocycles. The van der Waals surface area contributed by atoms with Crippen LogP contribution in [0.4, 0.5) is 17.5 Å². The number of nitrogens with one attached hydrogen (secondary N) is 2. The van der Waals surface area contributed by atoms with Crippen molar-refractivity contribution < 1.29 is 5.11 Å². The first-order valence-electron chi connectivity index (χ1n) is 8.15. The smallest absolute Gasteiger partial charge is 0.225 e. The van der Waals surface area contributed by atoms with E-state index in [4.69, 9.17) is 0 Å². The summed E-state index contributed by atoms with van der Waals surface area (Å²) >= 11 is 0. The molecule has 0 amide bonds. The van der Waals surface area contributed by atoms with Crippen LogP contribution in [0.25, 0.3) is 0 Å². The molecule has 1 atom stereocenters. The first-order valence-corrected chi connectivity index (χ1v) is 8.15. The van der Waals surface area contributed by atoms with Gasteiger partial charge in [-0.2, -0.15) is 4.98 Å². The summed E-state index contributed by atoms with van der Waals surface area (Å²) in [7, 11) is 0. The molecule has 1 heterocycles. The molecule has 0 aliphatic heterocycles. The highest BCUT2D eigenvalue weighted by Crippen LogP contribution is 2.40. The van der Waals surface area contributed by atoms with Gasteiger partial charge in [0.15, 0.2) is 0 Å². The molecule has 0 radical (unpaired) electrons. The lowest BCUT2D eigenvalue weighted by molar-refractivity contribution is 0.281. The van der Waals surface area contributed by atoms with Gasteiger partial charge >= 0.3 is 0 Å². The van der Waals surface area contributed by atoms with Crippen LogP contribution in [0.3, 0.4) is 0 Å². The Labute approximate surface area is 137 Å². The van der Waals surface area contributed by atoms with Gasteiger partial charge in [0.1, 0.15) is 5.82 Å². The predicted molar refractivity (Wildman–Crippen MR) is 93.4 cm³/mol. The van der Waals surface area contributed by atoms with E-state index in [2.05, 4.69) is 52.6 Å². The van der Waals surface area contributed by atoms with Crippen molar-refractivity contribution in [2.75, 3.05) is 17.2 Å². The Hall–Kier alpha value is -2.14. The number of aromatic nitrogens is 2. The quantitative estimate of drug-likeness (QED) is 0.761. The molecule has 0 unspecified atom stereocenters. The summed E-state index contributed by atoms with van der Waals surface area (Å²) < 4.78 is 0. The zero-order valence-corrected chi connectivity index (χ0v) is 13.9. The summed E-state index contributed by atoms with van der Waals surface area (Å²) in [5, 5.41) is 15.8. The van der Waals surface area contributed by atoms with Gasteiger partial charge in [0.2, 0.25) is 5.95 Å². The number of aliphatic hydroxyl groups is 1. The Kier molecular flexibility index (Phi) is 4.48. The van der Waals surface area contributed by atoms with Crippen LogP contribution >= 0.6 is 0 Å². The standard InChI is InChI=1S/C18H24N4O/c1-11-6-12(2)8-15(7-11)20-17-9-16(14-4-5-14)21-18(22-17)19-13(3)10-23/h6-9,13-14,23H,4-5,10H2,1-3H3,(H2,19,20,21,22)/t13-/m0/s1. The number of aliphatic hydroxyl groups excluding tert-OH is 1. The first-order chi connectivity index (χ1) is 11.0. The minimum atomic E-state index is -0.0708. The lowest BCUT2D eigenvalue weighted by Crippen LogP contribution is -2.21. The van der Waals surface area contributed by atoms with E-state index in [1.165, 1.54) is 24.0 Å². The second-order valence-electron chi connectivity index (χ2n) is 6.51. The largest absolute Gasteiger partial charge is 0.394 e. The Bertz CT molecular complexity index is 677. The third kappa shape index (κ3) is 4.20. The fourth-order valence-corrected chi connectivity index (χ4v) is 2.64. The van der Waals surface area contributed by atoms with Crippen molar-refractivity contribution >= 4 is 17.5 Å². The molecule has 3 rings (SSSR count). The molecule has 1 fully saturated rings. The molecule has 23 heavy (non-hydrogen) atoms. The molecule has 1 aromatic carbocycles. The Morgan fingerprint density at radius 1 is 1.13 bits per heavy atom. The van der Waals surface area contributed by atoms with Crippen LogP contribution in [-0.4, -0.2) is 27.7 Å². The maximum atomic E-state index is 9.22. The van der Waals surface area contributed by atoms with E-state index in [1.807, 2.05) is 13.0 Å². The third-order valence-electron chi connectivity index (χ3n) is 3.89. The van der Waals surface area contributed by atoms with Crippen LogP contribution < -0.4 is 10.6 Å². The number of nitrogens with zero attached hydrogens (tertiary/aromatic N) is 2. The van der Waals surface area contributed by atoms with Gasteiger partial charge in [-0.3, -0.25) is 0 Å². The molecule has 5 heteroatoms. The van der Waals surface area contributed by atoms with Crippen molar-refractivity contribution in [3.8, 4) is 0 Å². The molecule has 1 aliphatic rings. The summed E-state index contributed by atoms with van der Waals surface area (Å²) in [6, 6.07) is 8.32. The van der Waals surface area contributed by atoms with Gasteiger partial charge in [-0.1, -0.05) is 6.07 Å². The summed E-state index contributed by atoms with van der Waals surface area (Å²) in [6.45, 7) is 6.13. The molecule has 122 valence electrons. The van der Waals surface area contributed by atoms with Crippen molar-refractivity contribution in [1.29, 1.82) is 0 Å². The lowest BCUT2D eigenvalue weighted by Gasteiger charge is -2.14. The number of rotatable bonds is 6. The van der Waals surface area contributed by atoms with Gasteiger partial charge in [0.25, 0.3) is 0 Å². The maximum Gasteiger partial charge on any atom is 0.225 e. The van der Waals surface area contributed by atoms with Crippen LogP contribution in [-0.2, 0) is 0 Å². The van der Waals surface area contributed by atoms with E-state index in [0.717, 1.165) is 17.2 Å². The van der Waals surface area contributed by atoms with Crippen molar-refractivity contribution in [2.24, 2.45) is 0 Å². The summed E-state index contributed by atoms with van der Waals surface area (Å²) in [4.78, 5) is 9.13. The molecule has 5 nitrogen and oxygen atoms in total. The number of aryl methyl sites for hydroxylation is 2. The average molecular weight is 312 g/mol. The third-order valence-corrected chi connectivity index (χ3v) is 3.89. The fraction of sp³-hybridized carbons (Fsp3) is 0.444. The van der Waals surface area contributed by atoms with E-state index in [1.54, 1.807) is 0 Å². The van der Waals surface area contributed by atoms with Gasteiger partial charge < -0.3 is 15.7 Å². The van der Waals surface area contributed by atoms with Crippen LogP contribution in [0.5, 0.6) is 0 Å². The zero-order valence-electron chi connectivity index (χ0n) is 13.9. The first kappa shape index (κ1) is 15.7. The highest BCUT2D eigenvalue weighted by Gasteiger charge is 2.26. The van der Waals surface area contributed by atoms with E-state index < -0.39 is 0 Å². The van der Waals surface area contributed by atoms with Crippen LogP contribution in [0, 0.1) is 13.8 Å². The highest BCUT2D eigenvalue weighted by atomic mass is 16.3. The monoisotopic (exact) mass is 312 g/mol. The van der Waals surface area contributed by atoms with E-state index in [0.29, 0.717) is 11.9 Å². The van der Waals surface area contributed by atoms with Gasteiger partial charge in [-0.15, -0.1) is 0 Å². The van der Waals surface area contributed by atoms with Gasteiger partial charge in [-0.25, -0.2) is 4.98 Å². The number of anilines is 3. The van der Waals surface area contributed by atoms with Gasteiger partial charge in [-0.05, 0) is 56.9 Å². The highest BCUT2D eigenvalue weighted by molar-refractivity contribution is 5.60. The number of hydrogen-bond donors (Lipinski definition) is 3. The van der Waals surface area contributed by atoms with Crippen LogP contribution in [0.2, 0.25) is 0 Å². The summed E-state index contributed by atoms with van der Waals surface area (Å²) in [5.41, 5.74) is 4.54. The lowest BCUT2D eigenvalue weighted by atomic mass is 10.1. The van der Waals surface area contributed by atoms with E-state index >= 15 is 0 Å². The van der Waals surface area contributed by atoms with Gasteiger partial charge in [0, 0.05) is 23.7 Å². The van der Waals surface area contributed by atoms with Crippen molar-refractivity contribution in [3.63, 3.8) is 0 Å². The molecular formula is C18H24N4O. The second kappa shape index (κ2) is 6.54. The summed E-state index contributed by atoms with van der Waals surface area (Å²) in [6.07, 6.45) is 2.38. The predicted octanol–water partition coefficient (Wildman–Crippen LogP) is 3.51. The summed E-state index contributed by atoms with van der Waals surface area (Å²) in [5.74, 6) is 1.91. The Morgan fingerprint density at radius 3 is 2.43 bits per heavy atom. The molecule has 1 aromatic heterocycles. The topological polar surface area (TPSA) is 70.1 Å². The number of hydrogen-bond acceptors (Lipinski definition) is 5. The van der Waals surface area contributed by atoms with E-state index in [-0.39, 0.29) is 12.6 Å². The van der Waals surface area contributed by atoms with Crippen molar-refractivity contribution in [1.82, 2.24) is 9.97 Å². The SMILES string of the molecule is Cc1cc(C)cc(Nc2cc(C3CC3)nc(N[C@@H](C)CO)n2)c1. The molecular weight excluding hydrogens is 288 g/mol. The second-order valence-corrected chi connectivity index (χ2v) is 6.51. The molecule has 1 saturated carbocycles. The fourth-order valence-electron chi connectivity index (χ4n) is 2.64. The van der Waals surface area contributed by atoms with Crippen LogP contribution in [0.15, 0.2) is 24.3 Å². The number of benzene rings is 1. The van der Waals surface area contributed by atoms with Gasteiger partial charge in [0.05, 0.1) is 12.3 Å². The molecule has 2 aromatic rings. The average Bonchev–Trinajstić information content (AvgIpc) is 3.30. The maximum absolute atomic E-state index is 9.22. The molecule has 0 spiro atoms. The normalized spacial score (nSPS) is 15.3. The minimum Gasteiger partial charge on any atom is -0.394 e. The molecule has 1 aliphatic carbocycles.